The highest BCUT2D eigenvalue weighted by Gasteiger charge is 2.13. The maximum absolute atomic E-state index is 12.9. The van der Waals surface area contributed by atoms with Gasteiger partial charge < -0.3 is 9.47 Å². The molecule has 0 aromatic heterocycles. The molecular formula is C18H24N2O4S2. The molecule has 0 amide bonds. The first kappa shape index (κ1) is 20.3. The number of hydrogen-bond acceptors (Lipinski definition) is 6. The second-order valence-electron chi connectivity index (χ2n) is 5.61. The van der Waals surface area contributed by atoms with Crippen LogP contribution in [-0.2, 0) is 19.5 Å². The van der Waals surface area contributed by atoms with Crippen LogP contribution in [0.1, 0.15) is 0 Å². The summed E-state index contributed by atoms with van der Waals surface area (Å²) < 4.78 is 44.8. The molecule has 6 nitrogen and oxygen atoms in total. The molecule has 8 heteroatoms. The first-order valence-electron chi connectivity index (χ1n) is 7.94. The average molecular weight is 397 g/mol. The Bertz CT molecular complexity index is 920. The van der Waals surface area contributed by atoms with Crippen LogP contribution in [0.3, 0.4) is 0 Å². The van der Waals surface area contributed by atoms with Crippen molar-refractivity contribution in [3.8, 4) is 11.5 Å². The van der Waals surface area contributed by atoms with E-state index in [0.29, 0.717) is 21.3 Å². The molecule has 0 heterocycles. The quantitative estimate of drug-likeness (QED) is 0.673. The van der Waals surface area contributed by atoms with Gasteiger partial charge in [-0.05, 0) is 24.3 Å². The van der Waals surface area contributed by atoms with E-state index in [-0.39, 0.29) is 13.1 Å². The lowest BCUT2D eigenvalue weighted by atomic mass is 10.3. The van der Waals surface area contributed by atoms with E-state index in [4.69, 9.17) is 9.47 Å². The molecule has 2 atom stereocenters. The minimum absolute atomic E-state index is 0.202. The molecule has 2 aromatic carbocycles. The van der Waals surface area contributed by atoms with Crippen molar-refractivity contribution in [2.75, 3.05) is 39.8 Å². The van der Waals surface area contributed by atoms with Gasteiger partial charge in [0.2, 0.25) is 0 Å². The SMILES string of the molecule is COc1ccccc1S(C)(=O)=NCCN=S(C)(=O)c1ccccc1OC. The van der Waals surface area contributed by atoms with Gasteiger partial charge in [0, 0.05) is 12.5 Å². The monoisotopic (exact) mass is 396 g/mol. The summed E-state index contributed by atoms with van der Waals surface area (Å²) in [7, 11) is -2.19. The standard InChI is InChI=1S/C18H24N2O4S2/c1-23-15-9-5-7-11-17(15)25(3,21)19-13-14-20-26(4,22)18-12-8-6-10-16(18)24-2/h5-12H,13-14H2,1-4H3. The summed E-state index contributed by atoms with van der Waals surface area (Å²) in [6.07, 6.45) is 3.13. The van der Waals surface area contributed by atoms with Crippen molar-refractivity contribution >= 4 is 19.5 Å². The summed E-state index contributed by atoms with van der Waals surface area (Å²) in [4.78, 5) is 1.09. The van der Waals surface area contributed by atoms with Crippen LogP contribution in [0.15, 0.2) is 67.0 Å². The predicted octanol–water partition coefficient (Wildman–Crippen LogP) is 3.32. The number of para-hydroxylation sites is 2. The fourth-order valence-corrected chi connectivity index (χ4v) is 5.28. The molecule has 2 rings (SSSR count). The van der Waals surface area contributed by atoms with Gasteiger partial charge in [0.05, 0.1) is 56.6 Å². The topological polar surface area (TPSA) is 77.3 Å². The molecule has 2 unspecified atom stereocenters. The van der Waals surface area contributed by atoms with Crippen molar-refractivity contribution in [1.29, 1.82) is 0 Å². The summed E-state index contributed by atoms with van der Waals surface area (Å²) >= 11 is 0. The summed E-state index contributed by atoms with van der Waals surface area (Å²) in [6.45, 7) is 0.403. The van der Waals surface area contributed by atoms with Crippen molar-refractivity contribution in [3.63, 3.8) is 0 Å². The molecule has 0 aliphatic carbocycles. The van der Waals surface area contributed by atoms with Gasteiger partial charge in [0.1, 0.15) is 11.5 Å². The van der Waals surface area contributed by atoms with Crippen LogP contribution in [0.5, 0.6) is 11.5 Å². The lowest BCUT2D eigenvalue weighted by Gasteiger charge is -2.10. The summed E-state index contributed by atoms with van der Waals surface area (Å²) in [5.41, 5.74) is 0. The molecule has 0 saturated carbocycles. The van der Waals surface area contributed by atoms with E-state index in [1.165, 1.54) is 14.2 Å². The zero-order chi connectivity index (χ0) is 19.2. The Morgan fingerprint density at radius 2 is 1.08 bits per heavy atom. The minimum atomic E-state index is -2.63. The molecule has 0 fully saturated rings. The summed E-state index contributed by atoms with van der Waals surface area (Å²) in [5, 5.41) is 0. The van der Waals surface area contributed by atoms with Crippen LogP contribution in [0, 0.1) is 0 Å². The van der Waals surface area contributed by atoms with Crippen LogP contribution in [0.2, 0.25) is 0 Å². The molecule has 2 aromatic rings. The third-order valence-corrected chi connectivity index (χ3v) is 7.39. The van der Waals surface area contributed by atoms with E-state index in [0.717, 1.165) is 0 Å². The van der Waals surface area contributed by atoms with Gasteiger partial charge in [0.15, 0.2) is 0 Å². The first-order chi connectivity index (χ1) is 12.3. The first-order valence-corrected chi connectivity index (χ1v) is 11.8. The van der Waals surface area contributed by atoms with Crippen molar-refractivity contribution in [2.45, 2.75) is 9.79 Å². The normalized spacial score (nSPS) is 15.4. The zero-order valence-corrected chi connectivity index (χ0v) is 17.0. The van der Waals surface area contributed by atoms with E-state index in [2.05, 4.69) is 8.73 Å². The molecule has 0 saturated heterocycles. The van der Waals surface area contributed by atoms with Gasteiger partial charge in [-0.3, -0.25) is 0 Å². The van der Waals surface area contributed by atoms with Gasteiger partial charge in [-0.1, -0.05) is 24.3 Å². The van der Waals surface area contributed by atoms with Crippen molar-refractivity contribution in [1.82, 2.24) is 0 Å². The largest absolute Gasteiger partial charge is 0.495 e. The Labute approximate surface area is 155 Å². The fourth-order valence-electron chi connectivity index (χ4n) is 2.43. The Morgan fingerprint density at radius 3 is 1.42 bits per heavy atom. The zero-order valence-electron chi connectivity index (χ0n) is 15.4. The van der Waals surface area contributed by atoms with E-state index < -0.39 is 19.5 Å². The van der Waals surface area contributed by atoms with Gasteiger partial charge in [-0.25, -0.2) is 17.1 Å². The highest BCUT2D eigenvalue weighted by molar-refractivity contribution is 7.93. The molecule has 0 aliphatic rings. The van der Waals surface area contributed by atoms with Crippen molar-refractivity contribution in [2.24, 2.45) is 8.73 Å². The van der Waals surface area contributed by atoms with Gasteiger partial charge in [0.25, 0.3) is 0 Å². The number of hydrogen-bond donors (Lipinski definition) is 0. The lowest BCUT2D eigenvalue weighted by molar-refractivity contribution is 0.403. The molecular weight excluding hydrogens is 372 g/mol. The molecule has 0 bridgehead atoms. The second kappa shape index (κ2) is 8.55. The van der Waals surface area contributed by atoms with E-state index in [9.17, 15) is 8.42 Å². The van der Waals surface area contributed by atoms with Gasteiger partial charge in [-0.15, -0.1) is 0 Å². The van der Waals surface area contributed by atoms with E-state index in [1.807, 2.05) is 12.1 Å². The Kier molecular flexibility index (Phi) is 6.66. The van der Waals surface area contributed by atoms with E-state index in [1.54, 1.807) is 48.9 Å². The highest BCUT2D eigenvalue weighted by Crippen LogP contribution is 2.25. The molecule has 142 valence electrons. The number of rotatable bonds is 7. The minimum Gasteiger partial charge on any atom is -0.495 e. The number of nitrogens with zero attached hydrogens (tertiary/aromatic N) is 2. The average Bonchev–Trinajstić information content (AvgIpc) is 2.65. The third-order valence-electron chi connectivity index (χ3n) is 3.73. The molecule has 0 radical (unpaired) electrons. The van der Waals surface area contributed by atoms with Crippen LogP contribution in [-0.4, -0.2) is 48.2 Å². The van der Waals surface area contributed by atoms with Crippen molar-refractivity contribution in [3.05, 3.63) is 48.5 Å². The highest BCUT2D eigenvalue weighted by atomic mass is 32.2. The second-order valence-corrected chi connectivity index (χ2v) is 10.2. The Morgan fingerprint density at radius 1 is 0.731 bits per heavy atom. The maximum atomic E-state index is 12.9. The third kappa shape index (κ3) is 4.76. The Balaban J connectivity index is 2.23. The number of ether oxygens (including phenoxy) is 2. The number of methoxy groups -OCH3 is 2. The molecule has 0 aliphatic heterocycles. The smallest absolute Gasteiger partial charge is 0.135 e. The van der Waals surface area contributed by atoms with Gasteiger partial charge >= 0.3 is 0 Å². The van der Waals surface area contributed by atoms with E-state index >= 15 is 0 Å². The fraction of sp³-hybridized carbons (Fsp3) is 0.333. The lowest BCUT2D eigenvalue weighted by Crippen LogP contribution is -2.05. The number of benzene rings is 2. The Hall–Kier alpha value is -2.06. The van der Waals surface area contributed by atoms with Crippen LogP contribution in [0.4, 0.5) is 0 Å². The van der Waals surface area contributed by atoms with Crippen LogP contribution < -0.4 is 9.47 Å². The summed E-state index contributed by atoms with van der Waals surface area (Å²) in [6, 6.07) is 14.2. The molecule has 0 N–H and O–H groups in total. The van der Waals surface area contributed by atoms with Crippen LogP contribution >= 0.6 is 0 Å². The van der Waals surface area contributed by atoms with Crippen molar-refractivity contribution < 1.29 is 17.9 Å². The van der Waals surface area contributed by atoms with Crippen LogP contribution in [0.25, 0.3) is 0 Å². The summed E-state index contributed by atoms with van der Waals surface area (Å²) in [5.74, 6) is 1.07. The maximum Gasteiger partial charge on any atom is 0.135 e. The molecule has 26 heavy (non-hydrogen) atoms. The van der Waals surface area contributed by atoms with Gasteiger partial charge in [-0.2, -0.15) is 0 Å². The predicted molar refractivity (Wildman–Crippen MR) is 105 cm³/mol. The molecule has 0 spiro atoms.